The van der Waals surface area contributed by atoms with Gasteiger partial charge < -0.3 is 5.73 Å². The quantitative estimate of drug-likeness (QED) is 0.625. The van der Waals surface area contributed by atoms with E-state index >= 15 is 0 Å². The minimum Gasteiger partial charge on any atom is -0.398 e. The third-order valence-corrected chi connectivity index (χ3v) is 2.44. The van der Waals surface area contributed by atoms with Crippen LogP contribution in [0.5, 0.6) is 0 Å². The second kappa shape index (κ2) is 3.34. The van der Waals surface area contributed by atoms with Gasteiger partial charge in [-0.1, -0.05) is 18.2 Å². The smallest absolute Gasteiger partial charge is 0.184 e. The van der Waals surface area contributed by atoms with Crippen molar-refractivity contribution in [2.45, 2.75) is 0 Å². The summed E-state index contributed by atoms with van der Waals surface area (Å²) in [6.45, 7) is 0. The zero-order valence-corrected chi connectivity index (χ0v) is 8.54. The first-order valence-corrected chi connectivity index (χ1v) is 5.01. The molecule has 4 heteroatoms. The summed E-state index contributed by atoms with van der Waals surface area (Å²) < 4.78 is 1.74. The van der Waals surface area contributed by atoms with Gasteiger partial charge in [-0.25, -0.2) is 9.50 Å². The lowest BCUT2D eigenvalue weighted by molar-refractivity contribution is 0.966. The van der Waals surface area contributed by atoms with Gasteiger partial charge in [0.15, 0.2) is 11.5 Å². The van der Waals surface area contributed by atoms with Crippen LogP contribution in [0.4, 0.5) is 5.69 Å². The number of para-hydroxylation sites is 1. The molecule has 4 nitrogen and oxygen atoms in total. The summed E-state index contributed by atoms with van der Waals surface area (Å²) in [6.07, 6.45) is 1.87. The van der Waals surface area contributed by atoms with Gasteiger partial charge in [0.1, 0.15) is 0 Å². The van der Waals surface area contributed by atoms with Crippen LogP contribution in [0.1, 0.15) is 0 Å². The van der Waals surface area contributed by atoms with Crippen molar-refractivity contribution in [2.24, 2.45) is 0 Å². The van der Waals surface area contributed by atoms with Gasteiger partial charge in [-0.3, -0.25) is 0 Å². The normalized spacial score (nSPS) is 10.8. The Hall–Kier alpha value is -2.36. The topological polar surface area (TPSA) is 56.2 Å². The van der Waals surface area contributed by atoms with E-state index in [1.54, 1.807) is 4.52 Å². The number of anilines is 1. The largest absolute Gasteiger partial charge is 0.398 e. The highest BCUT2D eigenvalue weighted by molar-refractivity contribution is 5.72. The van der Waals surface area contributed by atoms with Gasteiger partial charge in [0, 0.05) is 17.4 Å². The Bertz CT molecular complexity index is 609. The number of aromatic nitrogens is 3. The van der Waals surface area contributed by atoms with Crippen LogP contribution >= 0.6 is 0 Å². The minimum absolute atomic E-state index is 0.657. The molecule has 3 aromatic rings. The Morgan fingerprint density at radius 1 is 1.00 bits per heavy atom. The lowest BCUT2D eigenvalue weighted by atomic mass is 10.2. The van der Waals surface area contributed by atoms with Crippen LogP contribution in [0.25, 0.3) is 17.0 Å². The molecule has 2 heterocycles. The molecule has 0 amide bonds. The van der Waals surface area contributed by atoms with Crippen molar-refractivity contribution in [3.05, 3.63) is 48.7 Å². The van der Waals surface area contributed by atoms with Crippen molar-refractivity contribution in [1.29, 1.82) is 0 Å². The predicted octanol–water partition coefficient (Wildman–Crippen LogP) is 1.98. The first-order valence-electron chi connectivity index (χ1n) is 5.01. The van der Waals surface area contributed by atoms with Gasteiger partial charge >= 0.3 is 0 Å². The number of nitrogens with two attached hydrogens (primary N) is 1. The van der Waals surface area contributed by atoms with Crippen LogP contribution in [-0.4, -0.2) is 14.6 Å². The summed E-state index contributed by atoms with van der Waals surface area (Å²) in [5.74, 6) is 0.657. The van der Waals surface area contributed by atoms with Crippen molar-refractivity contribution in [2.75, 3.05) is 5.73 Å². The Morgan fingerprint density at radius 2 is 1.81 bits per heavy atom. The monoisotopic (exact) mass is 210 g/mol. The van der Waals surface area contributed by atoms with E-state index in [0.29, 0.717) is 11.5 Å². The first kappa shape index (κ1) is 8.91. The third-order valence-electron chi connectivity index (χ3n) is 2.44. The first-order chi connectivity index (χ1) is 7.84. The van der Waals surface area contributed by atoms with Gasteiger partial charge in [0.25, 0.3) is 0 Å². The molecule has 0 fully saturated rings. The lowest BCUT2D eigenvalue weighted by Gasteiger charge is -1.98. The van der Waals surface area contributed by atoms with Crippen LogP contribution in [0.3, 0.4) is 0 Å². The molecule has 0 aliphatic carbocycles. The van der Waals surface area contributed by atoms with Crippen molar-refractivity contribution < 1.29 is 0 Å². The molecular formula is C12H10N4. The van der Waals surface area contributed by atoms with Gasteiger partial charge in [-0.2, -0.15) is 0 Å². The number of fused-ring (bicyclic) bond motifs is 1. The zero-order valence-electron chi connectivity index (χ0n) is 8.54. The fourth-order valence-electron chi connectivity index (χ4n) is 1.65. The van der Waals surface area contributed by atoms with Crippen LogP contribution in [0.2, 0.25) is 0 Å². The fraction of sp³-hybridized carbons (Fsp3) is 0. The second-order valence-electron chi connectivity index (χ2n) is 3.53. The van der Waals surface area contributed by atoms with Gasteiger partial charge in [0.2, 0.25) is 0 Å². The molecule has 16 heavy (non-hydrogen) atoms. The van der Waals surface area contributed by atoms with Crippen LogP contribution < -0.4 is 5.73 Å². The van der Waals surface area contributed by atoms with Gasteiger partial charge in [-0.05, 0) is 24.3 Å². The number of nitrogen functional groups attached to an aromatic ring is 1. The molecule has 0 saturated heterocycles. The Labute approximate surface area is 92.4 Å². The van der Waals surface area contributed by atoms with E-state index in [0.717, 1.165) is 11.2 Å². The highest BCUT2D eigenvalue weighted by Gasteiger charge is 2.07. The summed E-state index contributed by atoms with van der Waals surface area (Å²) >= 11 is 0. The summed E-state index contributed by atoms with van der Waals surface area (Å²) in [6, 6.07) is 13.4. The number of nitrogens with zero attached hydrogens (tertiary/aromatic N) is 3. The lowest BCUT2D eigenvalue weighted by Crippen LogP contribution is -1.91. The maximum Gasteiger partial charge on any atom is 0.184 e. The molecule has 2 N–H and O–H groups in total. The minimum atomic E-state index is 0.657. The molecule has 0 atom stereocenters. The molecule has 0 spiro atoms. The van der Waals surface area contributed by atoms with Crippen molar-refractivity contribution in [1.82, 2.24) is 14.6 Å². The molecule has 0 aliphatic rings. The molecule has 0 unspecified atom stereocenters. The summed E-state index contributed by atoms with van der Waals surface area (Å²) in [5.41, 5.74) is 8.27. The van der Waals surface area contributed by atoms with Gasteiger partial charge in [0.05, 0.1) is 0 Å². The highest BCUT2D eigenvalue weighted by atomic mass is 15.3. The molecule has 1 aromatic carbocycles. The average molecular weight is 210 g/mol. The Morgan fingerprint density at radius 3 is 2.62 bits per heavy atom. The maximum atomic E-state index is 5.89. The average Bonchev–Trinajstić information content (AvgIpc) is 2.73. The summed E-state index contributed by atoms with van der Waals surface area (Å²) in [7, 11) is 0. The van der Waals surface area contributed by atoms with E-state index in [9.17, 15) is 0 Å². The molecule has 0 aliphatic heterocycles. The van der Waals surface area contributed by atoms with E-state index in [1.807, 2.05) is 48.7 Å². The molecule has 78 valence electrons. The van der Waals surface area contributed by atoms with Crippen molar-refractivity contribution in [3.63, 3.8) is 0 Å². The van der Waals surface area contributed by atoms with Crippen LogP contribution in [0.15, 0.2) is 48.7 Å². The maximum absolute atomic E-state index is 5.89. The van der Waals surface area contributed by atoms with E-state index in [4.69, 9.17) is 5.73 Å². The second-order valence-corrected chi connectivity index (χ2v) is 3.53. The molecule has 0 saturated carbocycles. The summed E-state index contributed by atoms with van der Waals surface area (Å²) in [4.78, 5) is 4.42. The number of rotatable bonds is 1. The van der Waals surface area contributed by atoms with Crippen molar-refractivity contribution >= 4 is 11.3 Å². The molecular weight excluding hydrogens is 200 g/mol. The van der Waals surface area contributed by atoms with Crippen LogP contribution in [-0.2, 0) is 0 Å². The highest BCUT2D eigenvalue weighted by Crippen LogP contribution is 2.22. The van der Waals surface area contributed by atoms with Crippen molar-refractivity contribution in [3.8, 4) is 11.4 Å². The van der Waals surface area contributed by atoms with Gasteiger partial charge in [-0.15, -0.1) is 5.10 Å². The standard InChI is InChI=1S/C12H10N4/c13-10-6-2-1-5-9(10)12-14-11-7-3-4-8-16(11)15-12/h1-8H,13H2. The summed E-state index contributed by atoms with van der Waals surface area (Å²) in [5, 5.41) is 4.37. The van der Waals surface area contributed by atoms with Crippen LogP contribution in [0, 0.1) is 0 Å². The van der Waals surface area contributed by atoms with E-state index in [2.05, 4.69) is 10.1 Å². The van der Waals surface area contributed by atoms with E-state index < -0.39 is 0 Å². The van der Waals surface area contributed by atoms with E-state index in [-0.39, 0.29) is 0 Å². The number of pyridine rings is 1. The van der Waals surface area contributed by atoms with E-state index in [1.165, 1.54) is 0 Å². The third kappa shape index (κ3) is 1.32. The SMILES string of the molecule is Nc1ccccc1-c1nc2ccccn2n1. The number of hydrogen-bond donors (Lipinski definition) is 1. The zero-order chi connectivity index (χ0) is 11.0. The number of benzene rings is 1. The molecule has 2 aromatic heterocycles. The molecule has 0 bridgehead atoms. The Balaban J connectivity index is 2.23. The predicted molar refractivity (Wildman–Crippen MR) is 62.8 cm³/mol. The Kier molecular flexibility index (Phi) is 1.86. The fourth-order valence-corrected chi connectivity index (χ4v) is 1.65. The molecule has 0 radical (unpaired) electrons. The molecule has 3 rings (SSSR count). The number of hydrogen-bond acceptors (Lipinski definition) is 3.